The molecule has 3 aromatic rings. The minimum Gasteiger partial charge on any atom is -0.423 e. The van der Waals surface area contributed by atoms with E-state index in [1.165, 1.54) is 5.69 Å². The zero-order valence-electron chi connectivity index (χ0n) is 9.55. The van der Waals surface area contributed by atoms with E-state index in [0.29, 0.717) is 11.8 Å². The van der Waals surface area contributed by atoms with Gasteiger partial charge < -0.3 is 4.42 Å². The molecule has 0 saturated heterocycles. The summed E-state index contributed by atoms with van der Waals surface area (Å²) in [4.78, 5) is 4.52. The van der Waals surface area contributed by atoms with Gasteiger partial charge >= 0.3 is 5.84 Å². The molecule has 1 aliphatic rings. The molecule has 3 heteroatoms. The molecule has 0 bridgehead atoms. The van der Waals surface area contributed by atoms with Crippen LogP contribution in [0.1, 0.15) is 30.7 Å². The molecular weight excluding hydrogens is 212 g/mol. The van der Waals surface area contributed by atoms with Gasteiger partial charge in [0, 0.05) is 5.92 Å². The summed E-state index contributed by atoms with van der Waals surface area (Å²) < 4.78 is 7.96. The molecular formula is C14H12N2O. The second-order valence-electron chi connectivity index (χ2n) is 4.61. The van der Waals surface area contributed by atoms with E-state index in [9.17, 15) is 0 Å². The van der Waals surface area contributed by atoms with Gasteiger partial charge in [0.05, 0.1) is 16.7 Å². The summed E-state index contributed by atoms with van der Waals surface area (Å²) in [6, 6.07) is 8.16. The second-order valence-corrected chi connectivity index (χ2v) is 4.61. The van der Waals surface area contributed by atoms with Crippen LogP contribution in [0.15, 0.2) is 34.8 Å². The molecule has 1 unspecified atom stereocenters. The molecule has 17 heavy (non-hydrogen) atoms. The Morgan fingerprint density at radius 1 is 1.35 bits per heavy atom. The van der Waals surface area contributed by atoms with Crippen LogP contribution in [-0.4, -0.2) is 9.38 Å². The molecule has 2 heterocycles. The molecule has 0 spiro atoms. The third-order valence-corrected chi connectivity index (χ3v) is 3.45. The molecule has 0 saturated carbocycles. The average molecular weight is 224 g/mol. The standard InChI is InChI=1S/C14H12N2O/c1-9-5-4-8-12-13(9)16-11-7-3-2-6-10(11)15-14(16)17-12/h2-4,6-9H,5H2,1H3. The van der Waals surface area contributed by atoms with E-state index in [1.807, 2.05) is 18.2 Å². The molecule has 84 valence electrons. The number of benzene rings is 1. The number of allylic oxidation sites excluding steroid dienone is 1. The Labute approximate surface area is 98.4 Å². The summed E-state index contributed by atoms with van der Waals surface area (Å²) in [5, 5.41) is 0. The number of imidazole rings is 1. The molecule has 0 aliphatic heterocycles. The number of nitrogens with zero attached hydrogens (tertiary/aromatic N) is 2. The fraction of sp³-hybridized carbons (Fsp3) is 0.214. The van der Waals surface area contributed by atoms with Crippen molar-refractivity contribution in [2.45, 2.75) is 19.3 Å². The predicted octanol–water partition coefficient (Wildman–Crippen LogP) is 3.60. The van der Waals surface area contributed by atoms with Crippen LogP contribution in [0, 0.1) is 0 Å². The van der Waals surface area contributed by atoms with Gasteiger partial charge in [0.1, 0.15) is 0 Å². The number of hydrogen-bond acceptors (Lipinski definition) is 2. The smallest absolute Gasteiger partial charge is 0.307 e. The summed E-state index contributed by atoms with van der Waals surface area (Å²) in [7, 11) is 0. The minimum atomic E-state index is 0.480. The SMILES string of the molecule is CC1CC=Cc2oc3nc4ccccc4n3c21. The van der Waals surface area contributed by atoms with Crippen LogP contribution in [0.3, 0.4) is 0 Å². The van der Waals surface area contributed by atoms with E-state index < -0.39 is 0 Å². The average Bonchev–Trinajstić information content (AvgIpc) is 2.84. The summed E-state index contributed by atoms with van der Waals surface area (Å²) in [6.07, 6.45) is 5.28. The summed E-state index contributed by atoms with van der Waals surface area (Å²) in [5.74, 6) is 2.14. The highest BCUT2D eigenvalue weighted by Gasteiger charge is 2.23. The van der Waals surface area contributed by atoms with Crippen molar-refractivity contribution in [2.75, 3.05) is 0 Å². The van der Waals surface area contributed by atoms with Crippen molar-refractivity contribution < 1.29 is 4.42 Å². The third kappa shape index (κ3) is 1.08. The van der Waals surface area contributed by atoms with Crippen LogP contribution in [0.25, 0.3) is 23.0 Å². The quantitative estimate of drug-likeness (QED) is 0.584. The molecule has 1 aliphatic carbocycles. The molecule has 3 nitrogen and oxygen atoms in total. The van der Waals surface area contributed by atoms with Crippen molar-refractivity contribution in [3.63, 3.8) is 0 Å². The van der Waals surface area contributed by atoms with Crippen LogP contribution >= 0.6 is 0 Å². The summed E-state index contributed by atoms with van der Waals surface area (Å²) in [5.41, 5.74) is 3.38. The highest BCUT2D eigenvalue weighted by molar-refractivity contribution is 5.80. The molecule has 0 radical (unpaired) electrons. The van der Waals surface area contributed by atoms with E-state index in [1.54, 1.807) is 0 Å². The normalized spacial score (nSPS) is 19.0. The van der Waals surface area contributed by atoms with Gasteiger partial charge in [-0.2, -0.15) is 4.98 Å². The maximum atomic E-state index is 5.81. The van der Waals surface area contributed by atoms with Gasteiger partial charge in [-0.3, -0.25) is 4.40 Å². The maximum Gasteiger partial charge on any atom is 0.307 e. The number of aromatic nitrogens is 2. The molecule has 0 N–H and O–H groups in total. The minimum absolute atomic E-state index is 0.480. The van der Waals surface area contributed by atoms with Crippen molar-refractivity contribution in [2.24, 2.45) is 0 Å². The first-order chi connectivity index (χ1) is 8.34. The predicted molar refractivity (Wildman–Crippen MR) is 67.0 cm³/mol. The van der Waals surface area contributed by atoms with Crippen molar-refractivity contribution in [1.82, 2.24) is 9.38 Å². The van der Waals surface area contributed by atoms with Gasteiger partial charge in [0.25, 0.3) is 0 Å². The Balaban J connectivity index is 2.22. The molecule has 4 rings (SSSR count). The van der Waals surface area contributed by atoms with E-state index >= 15 is 0 Å². The number of hydrogen-bond donors (Lipinski definition) is 0. The Kier molecular flexibility index (Phi) is 1.60. The number of fused-ring (bicyclic) bond motifs is 5. The highest BCUT2D eigenvalue weighted by atomic mass is 16.4. The van der Waals surface area contributed by atoms with Gasteiger partial charge in [-0.25, -0.2) is 0 Å². The van der Waals surface area contributed by atoms with Crippen LogP contribution in [-0.2, 0) is 0 Å². The summed E-state index contributed by atoms with van der Waals surface area (Å²) >= 11 is 0. The van der Waals surface area contributed by atoms with Crippen molar-refractivity contribution in [1.29, 1.82) is 0 Å². The Bertz CT molecular complexity index is 748. The lowest BCUT2D eigenvalue weighted by atomic mass is 9.97. The van der Waals surface area contributed by atoms with Gasteiger partial charge in [0.15, 0.2) is 5.76 Å². The van der Waals surface area contributed by atoms with E-state index in [0.717, 1.165) is 23.2 Å². The van der Waals surface area contributed by atoms with E-state index in [4.69, 9.17) is 4.42 Å². The monoisotopic (exact) mass is 224 g/mol. The first-order valence-corrected chi connectivity index (χ1v) is 5.91. The van der Waals surface area contributed by atoms with E-state index in [2.05, 4.69) is 34.5 Å². The van der Waals surface area contributed by atoms with E-state index in [-0.39, 0.29) is 0 Å². The zero-order valence-corrected chi connectivity index (χ0v) is 9.55. The number of para-hydroxylation sites is 2. The van der Waals surface area contributed by atoms with Crippen molar-refractivity contribution >= 4 is 23.0 Å². The number of rotatable bonds is 0. The Morgan fingerprint density at radius 3 is 3.18 bits per heavy atom. The molecule has 0 amide bonds. The molecule has 0 fully saturated rings. The lowest BCUT2D eigenvalue weighted by molar-refractivity contribution is 0.576. The van der Waals surface area contributed by atoms with Crippen LogP contribution in [0.2, 0.25) is 0 Å². The summed E-state index contributed by atoms with van der Waals surface area (Å²) in [6.45, 7) is 2.23. The van der Waals surface area contributed by atoms with Gasteiger partial charge in [-0.05, 0) is 24.6 Å². The maximum absolute atomic E-state index is 5.81. The Hall–Kier alpha value is -2.03. The highest BCUT2D eigenvalue weighted by Crippen LogP contribution is 2.34. The first-order valence-electron chi connectivity index (χ1n) is 5.91. The Morgan fingerprint density at radius 2 is 2.24 bits per heavy atom. The molecule has 2 aromatic heterocycles. The largest absolute Gasteiger partial charge is 0.423 e. The molecule has 1 atom stereocenters. The number of oxazole rings is 1. The zero-order chi connectivity index (χ0) is 11.4. The van der Waals surface area contributed by atoms with Gasteiger partial charge in [0.2, 0.25) is 0 Å². The topological polar surface area (TPSA) is 30.4 Å². The van der Waals surface area contributed by atoms with Crippen molar-refractivity contribution in [3.05, 3.63) is 41.8 Å². The fourth-order valence-electron chi connectivity index (χ4n) is 2.64. The lowest BCUT2D eigenvalue weighted by Crippen LogP contribution is -2.02. The van der Waals surface area contributed by atoms with Crippen LogP contribution in [0.4, 0.5) is 0 Å². The second kappa shape index (κ2) is 3.00. The van der Waals surface area contributed by atoms with Crippen molar-refractivity contribution in [3.8, 4) is 0 Å². The third-order valence-electron chi connectivity index (χ3n) is 3.45. The fourth-order valence-corrected chi connectivity index (χ4v) is 2.64. The van der Waals surface area contributed by atoms with Gasteiger partial charge in [-0.1, -0.05) is 25.1 Å². The van der Waals surface area contributed by atoms with Crippen LogP contribution < -0.4 is 0 Å². The van der Waals surface area contributed by atoms with Gasteiger partial charge in [-0.15, -0.1) is 0 Å². The molecule has 1 aromatic carbocycles. The first kappa shape index (κ1) is 9.05. The van der Waals surface area contributed by atoms with Crippen LogP contribution in [0.5, 0.6) is 0 Å². The lowest BCUT2D eigenvalue weighted by Gasteiger charge is -2.12.